The van der Waals surface area contributed by atoms with Crippen LogP contribution >= 0.6 is 15.9 Å². The van der Waals surface area contributed by atoms with Gasteiger partial charge in [0.15, 0.2) is 0 Å². The largest absolute Gasteiger partial charge is 0.447 e. The molecule has 5 nitrogen and oxygen atoms in total. The molecule has 1 heterocycles. The van der Waals surface area contributed by atoms with E-state index < -0.39 is 10.0 Å². The Morgan fingerprint density at radius 3 is 2.48 bits per heavy atom. The van der Waals surface area contributed by atoms with E-state index in [0.29, 0.717) is 12.3 Å². The smallest absolute Gasteiger partial charge is 0.276 e. The Labute approximate surface area is 133 Å². The number of halogens is 1. The Morgan fingerprint density at radius 2 is 1.86 bits per heavy atom. The fourth-order valence-electron chi connectivity index (χ4n) is 1.85. The summed E-state index contributed by atoms with van der Waals surface area (Å²) >= 11 is 3.35. The molecule has 0 bridgehead atoms. The van der Waals surface area contributed by atoms with Gasteiger partial charge in [0.2, 0.25) is 5.09 Å². The molecule has 0 aliphatic rings. The Hall–Kier alpha value is -1.15. The van der Waals surface area contributed by atoms with Crippen molar-refractivity contribution in [2.75, 3.05) is 14.1 Å². The molecule has 0 spiro atoms. The second-order valence-electron chi connectivity index (χ2n) is 4.64. The molecule has 0 unspecified atom stereocenters. The van der Waals surface area contributed by atoms with Gasteiger partial charge < -0.3 is 9.73 Å². The highest BCUT2D eigenvalue weighted by Crippen LogP contribution is 2.20. The summed E-state index contributed by atoms with van der Waals surface area (Å²) in [5, 5.41) is 2.88. The molecule has 7 heteroatoms. The number of rotatable bonds is 6. The molecule has 0 aliphatic heterocycles. The predicted molar refractivity (Wildman–Crippen MR) is 84.3 cm³/mol. The van der Waals surface area contributed by atoms with Crippen molar-refractivity contribution >= 4 is 26.0 Å². The van der Waals surface area contributed by atoms with E-state index in [-0.39, 0.29) is 11.6 Å². The van der Waals surface area contributed by atoms with Crippen LogP contribution in [0.5, 0.6) is 0 Å². The van der Waals surface area contributed by atoms with Crippen molar-refractivity contribution in [3.63, 3.8) is 0 Å². The van der Waals surface area contributed by atoms with Gasteiger partial charge in [-0.15, -0.1) is 0 Å². The van der Waals surface area contributed by atoms with E-state index >= 15 is 0 Å². The van der Waals surface area contributed by atoms with Crippen LogP contribution in [0.1, 0.15) is 11.3 Å². The van der Waals surface area contributed by atoms with Crippen molar-refractivity contribution in [2.45, 2.75) is 18.2 Å². The van der Waals surface area contributed by atoms with E-state index in [4.69, 9.17) is 4.42 Å². The lowest BCUT2D eigenvalue weighted by atomic mass is 10.2. The van der Waals surface area contributed by atoms with Crippen molar-refractivity contribution in [2.24, 2.45) is 0 Å². The summed E-state index contributed by atoms with van der Waals surface area (Å²) in [6, 6.07) is 10.7. The third-order valence-corrected chi connectivity index (χ3v) is 5.18. The minimum absolute atomic E-state index is 0.0349. The van der Waals surface area contributed by atoms with Gasteiger partial charge >= 0.3 is 0 Å². The molecule has 114 valence electrons. The minimum Gasteiger partial charge on any atom is -0.447 e. The van der Waals surface area contributed by atoms with Gasteiger partial charge in [-0.25, -0.2) is 8.42 Å². The van der Waals surface area contributed by atoms with E-state index in [1.54, 1.807) is 13.1 Å². The number of hydrogen-bond donors (Lipinski definition) is 1. The fourth-order valence-corrected chi connectivity index (χ4v) is 3.19. The lowest BCUT2D eigenvalue weighted by Gasteiger charge is -2.15. The zero-order chi connectivity index (χ0) is 15.5. The summed E-state index contributed by atoms with van der Waals surface area (Å²) in [6.45, 7) is 0.781. The van der Waals surface area contributed by atoms with Gasteiger partial charge in [0, 0.05) is 18.1 Å². The summed E-state index contributed by atoms with van der Waals surface area (Å²) in [4.78, 5) is 0. The van der Waals surface area contributed by atoms with Crippen LogP contribution in [0.25, 0.3) is 0 Å². The Bertz CT molecular complexity index is 695. The van der Waals surface area contributed by atoms with Crippen LogP contribution in [0, 0.1) is 0 Å². The summed E-state index contributed by atoms with van der Waals surface area (Å²) < 4.78 is 32.4. The average molecular weight is 373 g/mol. The van der Waals surface area contributed by atoms with Crippen LogP contribution in [0.4, 0.5) is 0 Å². The number of nitrogens with zero attached hydrogens (tertiary/aromatic N) is 1. The monoisotopic (exact) mass is 372 g/mol. The Balaban J connectivity index is 2.15. The van der Waals surface area contributed by atoms with Gasteiger partial charge in [-0.3, -0.25) is 0 Å². The van der Waals surface area contributed by atoms with E-state index in [1.807, 2.05) is 24.3 Å². The highest BCUT2D eigenvalue weighted by atomic mass is 79.9. The predicted octanol–water partition coefficient (Wildman–Crippen LogP) is 2.58. The Morgan fingerprint density at radius 1 is 1.19 bits per heavy atom. The average Bonchev–Trinajstić information content (AvgIpc) is 2.91. The maximum Gasteiger partial charge on any atom is 0.276 e. The number of sulfonamides is 1. The van der Waals surface area contributed by atoms with Gasteiger partial charge in [-0.05, 0) is 36.9 Å². The van der Waals surface area contributed by atoms with Crippen LogP contribution in [0.2, 0.25) is 0 Å². The lowest BCUT2D eigenvalue weighted by Crippen LogP contribution is -2.26. The number of benzene rings is 1. The summed E-state index contributed by atoms with van der Waals surface area (Å²) in [5.74, 6) is 0.591. The number of furan rings is 1. The zero-order valence-electron chi connectivity index (χ0n) is 11.8. The van der Waals surface area contributed by atoms with Crippen molar-refractivity contribution < 1.29 is 12.8 Å². The molecule has 0 atom stereocenters. The molecule has 0 radical (unpaired) electrons. The molecule has 0 saturated carbocycles. The fraction of sp³-hybridized carbons (Fsp3) is 0.286. The minimum atomic E-state index is -3.62. The Kier molecular flexibility index (Phi) is 5.21. The first-order valence-corrected chi connectivity index (χ1v) is 8.61. The van der Waals surface area contributed by atoms with E-state index in [2.05, 4.69) is 21.2 Å². The maximum atomic E-state index is 12.4. The van der Waals surface area contributed by atoms with Crippen LogP contribution in [0.3, 0.4) is 0 Å². The van der Waals surface area contributed by atoms with Gasteiger partial charge in [0.1, 0.15) is 5.76 Å². The molecule has 2 aromatic rings. The summed E-state index contributed by atoms with van der Waals surface area (Å²) in [5.41, 5.74) is 0.909. The summed E-state index contributed by atoms with van der Waals surface area (Å²) in [6.07, 6.45) is 0. The first kappa shape index (κ1) is 16.2. The van der Waals surface area contributed by atoms with E-state index in [0.717, 1.165) is 10.0 Å². The lowest BCUT2D eigenvalue weighted by molar-refractivity contribution is 0.382. The van der Waals surface area contributed by atoms with Crippen LogP contribution in [0.15, 0.2) is 50.4 Å². The van der Waals surface area contributed by atoms with Crippen molar-refractivity contribution in [1.29, 1.82) is 0 Å². The van der Waals surface area contributed by atoms with E-state index in [9.17, 15) is 8.42 Å². The van der Waals surface area contributed by atoms with Crippen molar-refractivity contribution in [3.8, 4) is 0 Å². The third-order valence-electron chi connectivity index (χ3n) is 2.97. The highest BCUT2D eigenvalue weighted by Gasteiger charge is 2.24. The third kappa shape index (κ3) is 3.94. The molecule has 1 aromatic heterocycles. The normalized spacial score (nSPS) is 12.0. The zero-order valence-corrected chi connectivity index (χ0v) is 14.2. The number of nitrogens with one attached hydrogen (secondary N) is 1. The highest BCUT2D eigenvalue weighted by molar-refractivity contribution is 9.10. The van der Waals surface area contributed by atoms with Gasteiger partial charge in [0.25, 0.3) is 10.0 Å². The first-order chi connectivity index (χ1) is 9.93. The van der Waals surface area contributed by atoms with Gasteiger partial charge in [0.05, 0.1) is 6.54 Å². The van der Waals surface area contributed by atoms with Gasteiger partial charge in [-0.1, -0.05) is 28.1 Å². The summed E-state index contributed by atoms with van der Waals surface area (Å²) in [7, 11) is -0.304. The van der Waals surface area contributed by atoms with Crippen LogP contribution in [-0.2, 0) is 23.1 Å². The van der Waals surface area contributed by atoms with Gasteiger partial charge in [-0.2, -0.15) is 4.31 Å². The standard InChI is InChI=1S/C14H17BrN2O3S/c1-16-9-13-7-8-14(20-13)21(18,19)17(2)10-11-3-5-12(15)6-4-11/h3-8,16H,9-10H2,1-2H3. The van der Waals surface area contributed by atoms with Crippen molar-refractivity contribution in [3.05, 3.63) is 52.2 Å². The topological polar surface area (TPSA) is 62.6 Å². The molecule has 1 aromatic carbocycles. The van der Waals surface area contributed by atoms with Crippen LogP contribution in [-0.4, -0.2) is 26.8 Å². The first-order valence-electron chi connectivity index (χ1n) is 6.37. The molecule has 0 fully saturated rings. The molecule has 0 amide bonds. The maximum absolute atomic E-state index is 12.4. The molecule has 1 N–H and O–H groups in total. The molecule has 0 aliphatic carbocycles. The van der Waals surface area contributed by atoms with E-state index in [1.165, 1.54) is 17.4 Å². The molecular weight excluding hydrogens is 356 g/mol. The second kappa shape index (κ2) is 6.74. The number of hydrogen-bond acceptors (Lipinski definition) is 4. The van der Waals surface area contributed by atoms with Crippen LogP contribution < -0.4 is 5.32 Å². The quantitative estimate of drug-likeness (QED) is 0.846. The molecule has 21 heavy (non-hydrogen) atoms. The van der Waals surface area contributed by atoms with Crippen molar-refractivity contribution in [1.82, 2.24) is 9.62 Å². The SMILES string of the molecule is CNCc1ccc(S(=O)(=O)N(C)Cc2ccc(Br)cc2)o1. The molecular formula is C14H17BrN2O3S. The second-order valence-corrected chi connectivity index (χ2v) is 7.53. The molecule has 2 rings (SSSR count). The molecule has 0 saturated heterocycles.